The maximum Gasteiger partial charge on any atom is 0.276 e. The molecule has 1 aromatic heterocycles. The number of nitrogen functional groups attached to an aromatic ring is 1. The summed E-state index contributed by atoms with van der Waals surface area (Å²) in [6.45, 7) is 5.52. The monoisotopic (exact) mass is 236 g/mol. The Hall–Kier alpha value is -1.52. The summed E-state index contributed by atoms with van der Waals surface area (Å²) < 4.78 is 0. The Labute approximate surface area is 101 Å². The van der Waals surface area contributed by atoms with Gasteiger partial charge in [0.15, 0.2) is 5.69 Å². The highest BCUT2D eigenvalue weighted by atomic mass is 16.2. The molecule has 0 bridgehead atoms. The standard InChI is InChI=1S/C12H20N4O/c1-3-9-10(13)11(15-14-9)12(17)16(4-2)7-8-5-6-8/h8H,3-7,13H2,1-2H3,(H,14,15). The molecule has 5 nitrogen and oxygen atoms in total. The summed E-state index contributed by atoms with van der Waals surface area (Å²) in [7, 11) is 0. The maximum atomic E-state index is 12.3. The SMILES string of the molecule is CCc1[nH]nc(C(=O)N(CC)CC2CC2)c1N. The third-order valence-electron chi connectivity index (χ3n) is 3.28. The largest absolute Gasteiger partial charge is 0.395 e. The minimum atomic E-state index is -0.0483. The lowest BCUT2D eigenvalue weighted by atomic mass is 10.2. The van der Waals surface area contributed by atoms with Gasteiger partial charge in [-0.1, -0.05) is 6.92 Å². The van der Waals surface area contributed by atoms with Crippen molar-refractivity contribution in [3.63, 3.8) is 0 Å². The highest BCUT2D eigenvalue weighted by Crippen LogP contribution is 2.30. The van der Waals surface area contributed by atoms with Gasteiger partial charge in [0.05, 0.1) is 11.4 Å². The molecule has 17 heavy (non-hydrogen) atoms. The number of carbonyl (C=O) groups is 1. The Bertz CT molecular complexity index is 409. The summed E-state index contributed by atoms with van der Waals surface area (Å²) in [6, 6.07) is 0. The molecule has 0 atom stereocenters. The first-order chi connectivity index (χ1) is 8.17. The molecule has 0 spiro atoms. The normalized spacial score (nSPS) is 14.9. The third-order valence-corrected chi connectivity index (χ3v) is 3.28. The summed E-state index contributed by atoms with van der Waals surface area (Å²) in [5, 5.41) is 6.87. The van der Waals surface area contributed by atoms with Gasteiger partial charge in [0.1, 0.15) is 0 Å². The number of hydrogen-bond donors (Lipinski definition) is 2. The molecule has 1 aromatic rings. The van der Waals surface area contributed by atoms with Gasteiger partial charge in [-0.15, -0.1) is 0 Å². The number of anilines is 1. The number of nitrogens with zero attached hydrogens (tertiary/aromatic N) is 2. The van der Waals surface area contributed by atoms with Crippen molar-refractivity contribution < 1.29 is 4.79 Å². The summed E-state index contributed by atoms with van der Waals surface area (Å²) >= 11 is 0. The molecule has 0 aliphatic heterocycles. The molecule has 1 heterocycles. The lowest BCUT2D eigenvalue weighted by molar-refractivity contribution is 0.0752. The van der Waals surface area contributed by atoms with E-state index < -0.39 is 0 Å². The molecule has 1 aliphatic rings. The van der Waals surface area contributed by atoms with Crippen molar-refractivity contribution in [3.8, 4) is 0 Å². The zero-order valence-corrected chi connectivity index (χ0v) is 10.5. The summed E-state index contributed by atoms with van der Waals surface area (Å²) in [5.41, 5.74) is 7.64. The van der Waals surface area contributed by atoms with Gasteiger partial charge in [0.2, 0.25) is 0 Å². The number of rotatable bonds is 5. The van der Waals surface area contributed by atoms with E-state index in [2.05, 4.69) is 10.2 Å². The number of aryl methyl sites for hydroxylation is 1. The van der Waals surface area contributed by atoms with E-state index in [1.807, 2.05) is 18.7 Å². The van der Waals surface area contributed by atoms with Gasteiger partial charge >= 0.3 is 0 Å². The first-order valence-electron chi connectivity index (χ1n) is 6.29. The van der Waals surface area contributed by atoms with E-state index in [0.29, 0.717) is 23.8 Å². The Morgan fingerprint density at radius 2 is 2.24 bits per heavy atom. The first kappa shape index (κ1) is 12.0. The van der Waals surface area contributed by atoms with Crippen LogP contribution in [0.25, 0.3) is 0 Å². The lowest BCUT2D eigenvalue weighted by Crippen LogP contribution is -2.33. The van der Waals surface area contributed by atoms with Gasteiger partial charge in [-0.05, 0) is 32.1 Å². The quantitative estimate of drug-likeness (QED) is 0.812. The van der Waals surface area contributed by atoms with Gasteiger partial charge in [0, 0.05) is 13.1 Å². The molecule has 1 aliphatic carbocycles. The van der Waals surface area contributed by atoms with Crippen molar-refractivity contribution in [1.29, 1.82) is 0 Å². The second kappa shape index (κ2) is 4.77. The Morgan fingerprint density at radius 1 is 1.53 bits per heavy atom. The van der Waals surface area contributed by atoms with E-state index in [0.717, 1.165) is 18.7 Å². The van der Waals surface area contributed by atoms with Crippen LogP contribution in [0.2, 0.25) is 0 Å². The molecule has 2 rings (SSSR count). The topological polar surface area (TPSA) is 75.0 Å². The molecule has 94 valence electrons. The van der Waals surface area contributed by atoms with Crippen LogP contribution in [0.4, 0.5) is 5.69 Å². The molecular formula is C12H20N4O. The smallest absolute Gasteiger partial charge is 0.276 e. The fraction of sp³-hybridized carbons (Fsp3) is 0.667. The molecule has 1 fully saturated rings. The number of aromatic amines is 1. The average molecular weight is 236 g/mol. The lowest BCUT2D eigenvalue weighted by Gasteiger charge is -2.19. The van der Waals surface area contributed by atoms with Crippen LogP contribution >= 0.6 is 0 Å². The number of amides is 1. The van der Waals surface area contributed by atoms with Gasteiger partial charge < -0.3 is 10.6 Å². The van der Waals surface area contributed by atoms with Gasteiger partial charge in [-0.3, -0.25) is 9.89 Å². The molecule has 0 radical (unpaired) electrons. The van der Waals surface area contributed by atoms with Crippen LogP contribution in [0.3, 0.4) is 0 Å². The van der Waals surface area contributed by atoms with Crippen molar-refractivity contribution in [3.05, 3.63) is 11.4 Å². The van der Waals surface area contributed by atoms with Crippen molar-refractivity contribution in [2.75, 3.05) is 18.8 Å². The highest BCUT2D eigenvalue weighted by molar-refractivity contribution is 5.97. The molecule has 0 saturated heterocycles. The Balaban J connectivity index is 2.12. The van der Waals surface area contributed by atoms with Crippen molar-refractivity contribution >= 4 is 11.6 Å². The molecule has 0 unspecified atom stereocenters. The summed E-state index contributed by atoms with van der Waals surface area (Å²) in [4.78, 5) is 14.1. The van der Waals surface area contributed by atoms with Crippen LogP contribution in [-0.4, -0.2) is 34.1 Å². The number of hydrogen-bond acceptors (Lipinski definition) is 3. The fourth-order valence-electron chi connectivity index (χ4n) is 1.94. The average Bonchev–Trinajstić information content (AvgIpc) is 3.07. The molecule has 1 amide bonds. The van der Waals surface area contributed by atoms with E-state index in [1.54, 1.807) is 0 Å². The zero-order chi connectivity index (χ0) is 12.4. The predicted octanol–water partition coefficient (Wildman–Crippen LogP) is 1.43. The van der Waals surface area contributed by atoms with Crippen LogP contribution < -0.4 is 5.73 Å². The minimum absolute atomic E-state index is 0.0483. The van der Waals surface area contributed by atoms with Crippen LogP contribution in [0.15, 0.2) is 0 Å². The van der Waals surface area contributed by atoms with E-state index in [9.17, 15) is 4.79 Å². The number of H-pyrrole nitrogens is 1. The van der Waals surface area contributed by atoms with Crippen LogP contribution in [0, 0.1) is 5.92 Å². The molecule has 3 N–H and O–H groups in total. The number of nitrogens with two attached hydrogens (primary N) is 1. The molecule has 0 aromatic carbocycles. The number of aromatic nitrogens is 2. The first-order valence-corrected chi connectivity index (χ1v) is 6.29. The van der Waals surface area contributed by atoms with E-state index in [1.165, 1.54) is 12.8 Å². The van der Waals surface area contributed by atoms with E-state index >= 15 is 0 Å². The van der Waals surface area contributed by atoms with Crippen molar-refractivity contribution in [1.82, 2.24) is 15.1 Å². The molecular weight excluding hydrogens is 216 g/mol. The third kappa shape index (κ3) is 2.43. The fourth-order valence-corrected chi connectivity index (χ4v) is 1.94. The van der Waals surface area contributed by atoms with Gasteiger partial charge in [0.25, 0.3) is 5.91 Å². The summed E-state index contributed by atoms with van der Waals surface area (Å²) in [5.74, 6) is 0.637. The van der Waals surface area contributed by atoms with Crippen LogP contribution in [0.5, 0.6) is 0 Å². The van der Waals surface area contributed by atoms with E-state index in [-0.39, 0.29) is 5.91 Å². The van der Waals surface area contributed by atoms with Crippen LogP contribution in [-0.2, 0) is 6.42 Å². The highest BCUT2D eigenvalue weighted by Gasteiger charge is 2.28. The second-order valence-corrected chi connectivity index (χ2v) is 4.61. The van der Waals surface area contributed by atoms with Crippen molar-refractivity contribution in [2.45, 2.75) is 33.1 Å². The Morgan fingerprint density at radius 3 is 2.71 bits per heavy atom. The van der Waals surface area contributed by atoms with Gasteiger partial charge in [-0.25, -0.2) is 0 Å². The maximum absolute atomic E-state index is 12.3. The summed E-state index contributed by atoms with van der Waals surface area (Å²) in [6.07, 6.45) is 3.24. The zero-order valence-electron chi connectivity index (χ0n) is 10.5. The number of nitrogens with one attached hydrogen (secondary N) is 1. The molecule has 1 saturated carbocycles. The van der Waals surface area contributed by atoms with E-state index in [4.69, 9.17) is 5.73 Å². The van der Waals surface area contributed by atoms with Crippen LogP contribution in [0.1, 0.15) is 42.9 Å². The van der Waals surface area contributed by atoms with Crippen molar-refractivity contribution in [2.24, 2.45) is 5.92 Å². The molecule has 5 heteroatoms. The van der Waals surface area contributed by atoms with Gasteiger partial charge in [-0.2, -0.15) is 5.10 Å². The minimum Gasteiger partial charge on any atom is -0.395 e. The second-order valence-electron chi connectivity index (χ2n) is 4.61. The Kier molecular flexibility index (Phi) is 3.36. The predicted molar refractivity (Wildman–Crippen MR) is 66.7 cm³/mol. The number of carbonyl (C=O) groups excluding carboxylic acids is 1.